The zero-order valence-corrected chi connectivity index (χ0v) is 11.3. The van der Waals surface area contributed by atoms with Gasteiger partial charge in [-0.25, -0.2) is 0 Å². The van der Waals surface area contributed by atoms with E-state index in [1.165, 1.54) is 6.07 Å². The second-order valence-corrected chi connectivity index (χ2v) is 4.36. The van der Waals surface area contributed by atoms with Gasteiger partial charge in [-0.15, -0.1) is 0 Å². The summed E-state index contributed by atoms with van der Waals surface area (Å²) in [4.78, 5) is 12.2. The molecule has 0 radical (unpaired) electrons. The summed E-state index contributed by atoms with van der Waals surface area (Å²) in [5.41, 5.74) is 7.69. The fourth-order valence-electron chi connectivity index (χ4n) is 1.84. The van der Waals surface area contributed by atoms with Gasteiger partial charge in [-0.2, -0.15) is 0 Å². The molecule has 104 valence electrons. The summed E-state index contributed by atoms with van der Waals surface area (Å²) in [5, 5.41) is 12.3. The van der Waals surface area contributed by atoms with Crippen LogP contribution < -0.4 is 15.8 Å². The van der Waals surface area contributed by atoms with Crippen molar-refractivity contribution in [3.8, 4) is 11.5 Å². The van der Waals surface area contributed by atoms with E-state index < -0.39 is 0 Å². The summed E-state index contributed by atoms with van der Waals surface area (Å²) >= 11 is 0. The van der Waals surface area contributed by atoms with Crippen molar-refractivity contribution in [2.45, 2.75) is 6.92 Å². The molecule has 0 heterocycles. The first kappa shape index (κ1) is 13.7. The van der Waals surface area contributed by atoms with Crippen LogP contribution in [0.2, 0.25) is 0 Å². The van der Waals surface area contributed by atoms with E-state index in [0.29, 0.717) is 28.3 Å². The van der Waals surface area contributed by atoms with Crippen LogP contribution in [0.4, 0.5) is 11.4 Å². The van der Waals surface area contributed by atoms with Gasteiger partial charge in [0.1, 0.15) is 11.5 Å². The number of nitrogens with one attached hydrogen (secondary N) is 1. The van der Waals surface area contributed by atoms with Crippen molar-refractivity contribution in [1.29, 1.82) is 0 Å². The van der Waals surface area contributed by atoms with E-state index in [1.54, 1.807) is 44.4 Å². The van der Waals surface area contributed by atoms with Gasteiger partial charge in [0, 0.05) is 17.2 Å². The van der Waals surface area contributed by atoms with E-state index in [4.69, 9.17) is 10.5 Å². The van der Waals surface area contributed by atoms with Gasteiger partial charge < -0.3 is 20.9 Å². The number of ether oxygens (including phenoxy) is 1. The van der Waals surface area contributed by atoms with E-state index in [-0.39, 0.29) is 11.7 Å². The molecule has 0 aliphatic rings. The number of phenolic OH excluding ortho intramolecular Hbond substituents is 1. The first-order valence-electron chi connectivity index (χ1n) is 6.06. The van der Waals surface area contributed by atoms with Gasteiger partial charge in [0.2, 0.25) is 0 Å². The number of anilines is 2. The van der Waals surface area contributed by atoms with E-state index in [2.05, 4.69) is 5.32 Å². The highest BCUT2D eigenvalue weighted by Gasteiger charge is 2.13. The highest BCUT2D eigenvalue weighted by atomic mass is 16.5. The van der Waals surface area contributed by atoms with Gasteiger partial charge in [-0.05, 0) is 31.2 Å². The number of rotatable bonds is 3. The molecule has 0 saturated carbocycles. The maximum atomic E-state index is 12.2. The Bertz CT molecular complexity index is 654. The lowest BCUT2D eigenvalue weighted by Crippen LogP contribution is -2.14. The largest absolute Gasteiger partial charge is 0.508 e. The molecule has 5 heteroatoms. The lowest BCUT2D eigenvalue weighted by molar-refractivity contribution is 0.102. The number of amides is 1. The van der Waals surface area contributed by atoms with E-state index >= 15 is 0 Å². The van der Waals surface area contributed by atoms with Crippen molar-refractivity contribution in [3.05, 3.63) is 47.5 Å². The Morgan fingerprint density at radius 3 is 2.70 bits per heavy atom. The van der Waals surface area contributed by atoms with E-state index in [9.17, 15) is 9.90 Å². The number of carbonyl (C=O) groups excluding carboxylic acids is 1. The average Bonchev–Trinajstić information content (AvgIpc) is 2.44. The van der Waals surface area contributed by atoms with Gasteiger partial charge in [0.05, 0.1) is 18.5 Å². The van der Waals surface area contributed by atoms with Crippen LogP contribution in [0.5, 0.6) is 11.5 Å². The smallest absolute Gasteiger partial charge is 0.256 e. The third kappa shape index (κ3) is 2.66. The average molecular weight is 272 g/mol. The van der Waals surface area contributed by atoms with Crippen LogP contribution in [-0.2, 0) is 0 Å². The highest BCUT2D eigenvalue weighted by molar-refractivity contribution is 6.07. The van der Waals surface area contributed by atoms with Crippen LogP contribution in [0.25, 0.3) is 0 Å². The summed E-state index contributed by atoms with van der Waals surface area (Å²) in [7, 11) is 1.54. The molecule has 0 unspecified atom stereocenters. The van der Waals surface area contributed by atoms with Crippen molar-refractivity contribution in [2.75, 3.05) is 18.2 Å². The number of nitrogens with two attached hydrogens (primary N) is 1. The first-order valence-corrected chi connectivity index (χ1v) is 6.06. The molecule has 0 spiro atoms. The van der Waals surface area contributed by atoms with Crippen LogP contribution in [0.15, 0.2) is 36.4 Å². The second-order valence-electron chi connectivity index (χ2n) is 4.36. The van der Waals surface area contributed by atoms with Crippen LogP contribution in [0.3, 0.4) is 0 Å². The number of hydrogen-bond donors (Lipinski definition) is 3. The molecular weight excluding hydrogens is 256 g/mol. The molecule has 0 atom stereocenters. The fraction of sp³-hybridized carbons (Fsp3) is 0.133. The number of phenols is 1. The monoisotopic (exact) mass is 272 g/mol. The van der Waals surface area contributed by atoms with E-state index in [0.717, 1.165) is 0 Å². The Labute approximate surface area is 117 Å². The van der Waals surface area contributed by atoms with Gasteiger partial charge in [0.25, 0.3) is 5.91 Å². The van der Waals surface area contributed by atoms with Crippen LogP contribution in [0.1, 0.15) is 15.9 Å². The summed E-state index contributed by atoms with van der Waals surface area (Å²) in [5.74, 6) is 0.379. The molecule has 2 rings (SSSR count). The summed E-state index contributed by atoms with van der Waals surface area (Å²) in [6.45, 7) is 1.68. The summed E-state index contributed by atoms with van der Waals surface area (Å²) in [6, 6.07) is 9.81. The third-order valence-corrected chi connectivity index (χ3v) is 3.06. The standard InChI is InChI=1S/C15H16N2O3/c1-9-11(4-3-5-14(9)18)15(19)17-13-7-6-10(20-2)8-12(13)16/h3-8,18H,16H2,1-2H3,(H,17,19). The topological polar surface area (TPSA) is 84.6 Å². The Morgan fingerprint density at radius 1 is 1.30 bits per heavy atom. The lowest BCUT2D eigenvalue weighted by Gasteiger charge is -2.11. The maximum Gasteiger partial charge on any atom is 0.256 e. The van der Waals surface area contributed by atoms with Crippen molar-refractivity contribution < 1.29 is 14.6 Å². The van der Waals surface area contributed by atoms with Crippen LogP contribution in [-0.4, -0.2) is 18.1 Å². The van der Waals surface area contributed by atoms with Gasteiger partial charge in [0.15, 0.2) is 0 Å². The van der Waals surface area contributed by atoms with E-state index in [1.807, 2.05) is 0 Å². The molecule has 0 aliphatic carbocycles. The second kappa shape index (κ2) is 5.52. The lowest BCUT2D eigenvalue weighted by atomic mass is 10.1. The number of hydrogen-bond acceptors (Lipinski definition) is 4. The van der Waals surface area contributed by atoms with Gasteiger partial charge in [-0.1, -0.05) is 6.07 Å². The van der Waals surface area contributed by atoms with Crippen molar-refractivity contribution in [2.24, 2.45) is 0 Å². The van der Waals surface area contributed by atoms with Crippen molar-refractivity contribution in [1.82, 2.24) is 0 Å². The minimum absolute atomic E-state index is 0.0837. The molecular formula is C15H16N2O3. The van der Waals surface area contributed by atoms with Crippen LogP contribution >= 0.6 is 0 Å². The summed E-state index contributed by atoms with van der Waals surface area (Å²) in [6.07, 6.45) is 0. The zero-order valence-electron chi connectivity index (χ0n) is 11.3. The molecule has 0 saturated heterocycles. The molecule has 0 aromatic heterocycles. The van der Waals surface area contributed by atoms with Crippen LogP contribution in [0, 0.1) is 6.92 Å². The Hall–Kier alpha value is -2.69. The predicted molar refractivity (Wildman–Crippen MR) is 78.2 cm³/mol. The summed E-state index contributed by atoms with van der Waals surface area (Å²) < 4.78 is 5.05. The van der Waals surface area contributed by atoms with Crippen molar-refractivity contribution >= 4 is 17.3 Å². The quantitative estimate of drug-likeness (QED) is 0.750. The Balaban J connectivity index is 2.26. The minimum atomic E-state index is -0.324. The number of nitrogen functional groups attached to an aromatic ring is 1. The molecule has 0 bridgehead atoms. The first-order chi connectivity index (χ1) is 9.52. The van der Waals surface area contributed by atoms with Gasteiger partial charge in [-0.3, -0.25) is 4.79 Å². The Kier molecular flexibility index (Phi) is 3.79. The number of aromatic hydroxyl groups is 1. The molecule has 5 nitrogen and oxygen atoms in total. The van der Waals surface area contributed by atoms with Gasteiger partial charge >= 0.3 is 0 Å². The molecule has 2 aromatic carbocycles. The molecule has 1 amide bonds. The zero-order chi connectivity index (χ0) is 14.7. The number of methoxy groups -OCH3 is 1. The SMILES string of the molecule is COc1ccc(NC(=O)c2cccc(O)c2C)c(N)c1. The molecule has 20 heavy (non-hydrogen) atoms. The Morgan fingerprint density at radius 2 is 2.05 bits per heavy atom. The number of benzene rings is 2. The number of carbonyl (C=O) groups is 1. The highest BCUT2D eigenvalue weighted by Crippen LogP contribution is 2.26. The molecule has 0 fully saturated rings. The third-order valence-electron chi connectivity index (χ3n) is 3.06. The molecule has 4 N–H and O–H groups in total. The predicted octanol–water partition coefficient (Wildman–Crippen LogP) is 2.54. The fourth-order valence-corrected chi connectivity index (χ4v) is 1.84. The molecule has 2 aromatic rings. The maximum absolute atomic E-state index is 12.2. The normalized spacial score (nSPS) is 10.1. The molecule has 0 aliphatic heterocycles. The van der Waals surface area contributed by atoms with Crippen molar-refractivity contribution in [3.63, 3.8) is 0 Å². The minimum Gasteiger partial charge on any atom is -0.508 e.